The molecule has 0 aliphatic heterocycles. The molecule has 164 valence electrons. The van der Waals surface area contributed by atoms with Gasteiger partial charge in [0.05, 0.1) is 17.2 Å². The Bertz CT molecular complexity index is 1260. The third kappa shape index (κ3) is 4.81. The fourth-order valence-electron chi connectivity index (χ4n) is 3.99. The summed E-state index contributed by atoms with van der Waals surface area (Å²) in [5.41, 5.74) is 2.85. The summed E-state index contributed by atoms with van der Waals surface area (Å²) in [5, 5.41) is 9.73. The zero-order valence-electron chi connectivity index (χ0n) is 17.7. The number of rotatable bonds is 6. The second-order valence-corrected chi connectivity index (χ2v) is 10.1. The predicted molar refractivity (Wildman–Crippen MR) is 120 cm³/mol. The fraction of sp³-hybridized carbons (Fsp3) is 0.280. The van der Waals surface area contributed by atoms with E-state index in [2.05, 4.69) is 11.1 Å². The minimum absolute atomic E-state index is 0.203. The number of pyridine rings is 1. The highest BCUT2D eigenvalue weighted by atomic mass is 32.2. The zero-order chi connectivity index (χ0) is 22.7. The van der Waals surface area contributed by atoms with E-state index < -0.39 is 9.84 Å². The fourth-order valence-corrected chi connectivity index (χ4v) is 4.62. The molecule has 0 amide bonds. The van der Waals surface area contributed by atoms with Gasteiger partial charge in [-0.2, -0.15) is 5.26 Å². The minimum Gasteiger partial charge on any atom is -0.476 e. The van der Waals surface area contributed by atoms with E-state index in [1.54, 1.807) is 30.3 Å². The molecular weight excluding hydrogens is 427 g/mol. The maximum atomic E-state index is 13.5. The van der Waals surface area contributed by atoms with E-state index in [-0.39, 0.29) is 16.6 Å². The van der Waals surface area contributed by atoms with Crippen LogP contribution in [0.4, 0.5) is 4.39 Å². The van der Waals surface area contributed by atoms with E-state index >= 15 is 0 Å². The molecule has 1 heterocycles. The summed E-state index contributed by atoms with van der Waals surface area (Å²) in [6.07, 6.45) is 5.75. The molecule has 0 N–H and O–H groups in total. The Kier molecular flexibility index (Phi) is 6.24. The molecule has 0 atom stereocenters. The van der Waals surface area contributed by atoms with Gasteiger partial charge in [-0.15, -0.1) is 0 Å². The summed E-state index contributed by atoms with van der Waals surface area (Å²) in [4.78, 5) is 4.87. The molecule has 1 fully saturated rings. The lowest BCUT2D eigenvalue weighted by molar-refractivity contribution is 0.243. The lowest BCUT2D eigenvalue weighted by atomic mass is 9.98. The van der Waals surface area contributed by atoms with Crippen LogP contribution >= 0.6 is 0 Å². The Labute approximate surface area is 187 Å². The van der Waals surface area contributed by atoms with Gasteiger partial charge in [0.25, 0.3) is 0 Å². The Balaban J connectivity index is 1.80. The Hall–Kier alpha value is -3.24. The van der Waals surface area contributed by atoms with E-state index in [9.17, 15) is 18.1 Å². The van der Waals surface area contributed by atoms with Crippen LogP contribution in [0.5, 0.6) is 5.88 Å². The van der Waals surface area contributed by atoms with Crippen molar-refractivity contribution in [2.24, 2.45) is 5.92 Å². The van der Waals surface area contributed by atoms with Gasteiger partial charge in [0.1, 0.15) is 17.4 Å². The molecule has 0 spiro atoms. The molecule has 1 saturated carbocycles. The average molecular weight is 451 g/mol. The second kappa shape index (κ2) is 9.09. The summed E-state index contributed by atoms with van der Waals surface area (Å²) in [7, 11) is -3.33. The quantitative estimate of drug-likeness (QED) is 0.502. The summed E-state index contributed by atoms with van der Waals surface area (Å²) in [5.74, 6) is 0.357. The van der Waals surface area contributed by atoms with E-state index in [1.165, 1.54) is 37.1 Å². The SMILES string of the molecule is CS(=O)(=O)c1ccc(-c2cc(C#N)c(OCC3CCCC3)nc2-c2ccc(F)cc2)cc1. The Morgan fingerprint density at radius 1 is 1.06 bits per heavy atom. The van der Waals surface area contributed by atoms with Crippen LogP contribution in [0.25, 0.3) is 22.4 Å². The molecule has 0 unspecified atom stereocenters. The van der Waals surface area contributed by atoms with Gasteiger partial charge in [0.2, 0.25) is 5.88 Å². The van der Waals surface area contributed by atoms with Gasteiger partial charge >= 0.3 is 0 Å². The molecule has 1 aliphatic rings. The number of ether oxygens (including phenoxy) is 1. The summed E-state index contributed by atoms with van der Waals surface area (Å²) < 4.78 is 43.1. The average Bonchev–Trinajstić information content (AvgIpc) is 3.31. The standard InChI is InChI=1S/C25H23FN2O3S/c1-32(29,30)22-12-8-18(9-13-22)23-14-20(15-27)25(31-16-17-4-2-3-5-17)28-24(23)19-6-10-21(26)11-7-19/h6-14,17H,2-5,16H2,1H3. The highest BCUT2D eigenvalue weighted by molar-refractivity contribution is 7.90. The summed E-state index contributed by atoms with van der Waals surface area (Å²) in [6.45, 7) is 0.507. The minimum atomic E-state index is -3.33. The molecule has 1 aromatic heterocycles. The molecule has 5 nitrogen and oxygen atoms in total. The monoisotopic (exact) mass is 450 g/mol. The molecule has 3 aromatic rings. The molecule has 4 rings (SSSR count). The first-order valence-electron chi connectivity index (χ1n) is 10.5. The second-order valence-electron chi connectivity index (χ2n) is 8.11. The van der Waals surface area contributed by atoms with Crippen LogP contribution in [-0.2, 0) is 9.84 Å². The topological polar surface area (TPSA) is 80.0 Å². The molecule has 2 aromatic carbocycles. The van der Waals surface area contributed by atoms with E-state index in [1.807, 2.05) is 0 Å². The summed E-state index contributed by atoms with van der Waals surface area (Å²) >= 11 is 0. The van der Waals surface area contributed by atoms with Gasteiger partial charge in [0, 0.05) is 17.4 Å². The molecule has 32 heavy (non-hydrogen) atoms. The molecule has 0 bridgehead atoms. The number of halogens is 1. The number of aromatic nitrogens is 1. The first-order valence-corrected chi connectivity index (χ1v) is 12.4. The van der Waals surface area contributed by atoms with Gasteiger partial charge in [-0.25, -0.2) is 17.8 Å². The maximum Gasteiger partial charge on any atom is 0.232 e. The molecule has 1 aliphatic carbocycles. The van der Waals surface area contributed by atoms with Crippen molar-refractivity contribution in [3.8, 4) is 34.3 Å². The highest BCUT2D eigenvalue weighted by Gasteiger charge is 2.20. The van der Waals surface area contributed by atoms with Crippen LogP contribution < -0.4 is 4.74 Å². The molecule has 7 heteroatoms. The van der Waals surface area contributed by atoms with Gasteiger partial charge in [-0.1, -0.05) is 25.0 Å². The van der Waals surface area contributed by atoms with Crippen molar-refractivity contribution >= 4 is 9.84 Å². The maximum absolute atomic E-state index is 13.5. The predicted octanol–water partition coefficient (Wildman–Crippen LogP) is 5.40. The smallest absolute Gasteiger partial charge is 0.232 e. The van der Waals surface area contributed by atoms with E-state index in [4.69, 9.17) is 4.74 Å². The number of hydrogen-bond donors (Lipinski definition) is 0. The third-order valence-electron chi connectivity index (χ3n) is 5.75. The Morgan fingerprint density at radius 3 is 2.28 bits per heavy atom. The van der Waals surface area contributed by atoms with Crippen LogP contribution in [0.3, 0.4) is 0 Å². The van der Waals surface area contributed by atoms with Crippen molar-refractivity contribution in [2.45, 2.75) is 30.6 Å². The lowest BCUT2D eigenvalue weighted by Gasteiger charge is -2.16. The van der Waals surface area contributed by atoms with Crippen LogP contribution in [0.1, 0.15) is 31.2 Å². The number of nitriles is 1. The molecular formula is C25H23FN2O3S. The van der Waals surface area contributed by atoms with Crippen molar-refractivity contribution in [1.29, 1.82) is 5.26 Å². The molecule has 0 radical (unpaired) electrons. The van der Waals surface area contributed by atoms with Crippen molar-refractivity contribution in [2.75, 3.05) is 12.9 Å². The zero-order valence-corrected chi connectivity index (χ0v) is 18.5. The first kappa shape index (κ1) is 22.0. The highest BCUT2D eigenvalue weighted by Crippen LogP contribution is 2.35. The third-order valence-corrected chi connectivity index (χ3v) is 6.88. The normalized spacial score (nSPS) is 14.3. The number of benzene rings is 2. The van der Waals surface area contributed by atoms with Gasteiger partial charge < -0.3 is 4.74 Å². The number of nitrogens with zero attached hydrogens (tertiary/aromatic N) is 2. The van der Waals surface area contributed by atoms with Crippen molar-refractivity contribution in [1.82, 2.24) is 4.98 Å². The number of sulfone groups is 1. The van der Waals surface area contributed by atoms with Crippen LogP contribution in [0, 0.1) is 23.1 Å². The van der Waals surface area contributed by atoms with Crippen molar-refractivity contribution < 1.29 is 17.5 Å². The summed E-state index contributed by atoms with van der Waals surface area (Å²) in [6, 6.07) is 16.2. The van der Waals surface area contributed by atoms with Crippen molar-refractivity contribution in [3.63, 3.8) is 0 Å². The van der Waals surface area contributed by atoms with Crippen LogP contribution in [0.2, 0.25) is 0 Å². The molecule has 0 saturated heterocycles. The van der Waals surface area contributed by atoms with Crippen LogP contribution in [-0.4, -0.2) is 26.3 Å². The van der Waals surface area contributed by atoms with E-state index in [0.29, 0.717) is 40.5 Å². The largest absolute Gasteiger partial charge is 0.476 e. The van der Waals surface area contributed by atoms with Gasteiger partial charge in [-0.05, 0) is 66.8 Å². The van der Waals surface area contributed by atoms with Crippen LogP contribution in [0.15, 0.2) is 59.5 Å². The van der Waals surface area contributed by atoms with Gasteiger partial charge in [-0.3, -0.25) is 0 Å². The Morgan fingerprint density at radius 2 is 1.69 bits per heavy atom. The van der Waals surface area contributed by atoms with E-state index in [0.717, 1.165) is 19.1 Å². The lowest BCUT2D eigenvalue weighted by Crippen LogP contribution is -2.10. The van der Waals surface area contributed by atoms with Gasteiger partial charge in [0.15, 0.2) is 9.84 Å². The first-order chi connectivity index (χ1) is 15.3. The van der Waals surface area contributed by atoms with Crippen molar-refractivity contribution in [3.05, 3.63) is 66.0 Å². The number of hydrogen-bond acceptors (Lipinski definition) is 5.